The van der Waals surface area contributed by atoms with Crippen LogP contribution in [0.2, 0.25) is 0 Å². The zero-order valence-electron chi connectivity index (χ0n) is 11.0. The van der Waals surface area contributed by atoms with Gasteiger partial charge in [-0.15, -0.1) is 0 Å². The summed E-state index contributed by atoms with van der Waals surface area (Å²) in [6.07, 6.45) is 5.85. The van der Waals surface area contributed by atoms with E-state index in [9.17, 15) is 4.39 Å². The van der Waals surface area contributed by atoms with Crippen molar-refractivity contribution in [2.24, 2.45) is 11.3 Å². The van der Waals surface area contributed by atoms with Crippen LogP contribution in [-0.4, -0.2) is 0 Å². The molecule has 1 aromatic rings. The lowest BCUT2D eigenvalue weighted by molar-refractivity contribution is 0.225. The quantitative estimate of drug-likeness (QED) is 0.635. The molecule has 0 fully saturated rings. The second-order valence-corrected chi connectivity index (χ2v) is 6.07. The van der Waals surface area contributed by atoms with Crippen molar-refractivity contribution in [2.75, 3.05) is 0 Å². The first-order valence-corrected chi connectivity index (χ1v) is 6.42. The zero-order valence-corrected chi connectivity index (χ0v) is 11.0. The number of allylic oxidation sites excluding steroid dienone is 2. The molecule has 0 amide bonds. The van der Waals surface area contributed by atoms with Gasteiger partial charge >= 0.3 is 0 Å². The summed E-state index contributed by atoms with van der Waals surface area (Å²) in [4.78, 5) is 0. The molecule has 0 aliphatic heterocycles. The molecule has 1 unspecified atom stereocenters. The molecule has 1 heteroatoms. The molecular weight excluding hydrogens is 211 g/mol. The van der Waals surface area contributed by atoms with E-state index >= 15 is 0 Å². The van der Waals surface area contributed by atoms with Crippen LogP contribution < -0.4 is 0 Å². The lowest BCUT2D eigenvalue weighted by Gasteiger charge is -2.33. The van der Waals surface area contributed by atoms with Crippen molar-refractivity contribution in [3.05, 3.63) is 41.7 Å². The van der Waals surface area contributed by atoms with Crippen LogP contribution in [0.25, 0.3) is 5.57 Å². The first-order valence-electron chi connectivity index (χ1n) is 6.42. The summed E-state index contributed by atoms with van der Waals surface area (Å²) in [5, 5.41) is 0. The van der Waals surface area contributed by atoms with E-state index in [0.717, 1.165) is 18.8 Å². The maximum absolute atomic E-state index is 12.9. The van der Waals surface area contributed by atoms with E-state index in [1.165, 1.54) is 17.6 Å². The van der Waals surface area contributed by atoms with Crippen molar-refractivity contribution in [1.82, 2.24) is 0 Å². The molecule has 0 spiro atoms. The largest absolute Gasteiger partial charge is 0.207 e. The number of hydrogen-bond donors (Lipinski definition) is 0. The minimum absolute atomic E-state index is 0.155. The van der Waals surface area contributed by atoms with Gasteiger partial charge in [-0.2, -0.15) is 0 Å². The van der Waals surface area contributed by atoms with Crippen LogP contribution in [0.3, 0.4) is 0 Å². The van der Waals surface area contributed by atoms with Gasteiger partial charge in [0.1, 0.15) is 5.82 Å². The van der Waals surface area contributed by atoms with Gasteiger partial charge in [0, 0.05) is 0 Å². The third-order valence-electron chi connectivity index (χ3n) is 3.85. The topological polar surface area (TPSA) is 0 Å². The normalized spacial score (nSPS) is 21.2. The number of hydrogen-bond acceptors (Lipinski definition) is 0. The Balaban J connectivity index is 2.11. The Morgan fingerprint density at radius 2 is 1.76 bits per heavy atom. The summed E-state index contributed by atoms with van der Waals surface area (Å²) in [5.74, 6) is 0.615. The van der Waals surface area contributed by atoms with Gasteiger partial charge in [0.05, 0.1) is 0 Å². The lowest BCUT2D eigenvalue weighted by atomic mass is 9.72. The fraction of sp³-hybridized carbons (Fsp3) is 0.500. The van der Waals surface area contributed by atoms with E-state index in [2.05, 4.69) is 26.8 Å². The third kappa shape index (κ3) is 2.96. The molecule has 92 valence electrons. The highest BCUT2D eigenvalue weighted by Gasteiger charge is 2.26. The molecule has 0 radical (unpaired) electrons. The van der Waals surface area contributed by atoms with Crippen LogP contribution in [-0.2, 0) is 0 Å². The molecule has 1 atom stereocenters. The van der Waals surface area contributed by atoms with Gasteiger partial charge < -0.3 is 0 Å². The Morgan fingerprint density at radius 3 is 2.24 bits per heavy atom. The highest BCUT2D eigenvalue weighted by molar-refractivity contribution is 5.66. The van der Waals surface area contributed by atoms with Crippen molar-refractivity contribution < 1.29 is 4.39 Å². The van der Waals surface area contributed by atoms with Crippen LogP contribution in [0.1, 0.15) is 45.6 Å². The molecular formula is C16H21F. The first-order chi connectivity index (χ1) is 7.97. The zero-order chi connectivity index (χ0) is 12.5. The van der Waals surface area contributed by atoms with E-state index in [0.29, 0.717) is 5.41 Å². The monoisotopic (exact) mass is 232 g/mol. The average Bonchev–Trinajstić information content (AvgIpc) is 2.29. The van der Waals surface area contributed by atoms with Crippen molar-refractivity contribution >= 4 is 5.57 Å². The van der Waals surface area contributed by atoms with Gasteiger partial charge in [-0.05, 0) is 53.9 Å². The van der Waals surface area contributed by atoms with Crippen LogP contribution in [0, 0.1) is 17.2 Å². The summed E-state index contributed by atoms with van der Waals surface area (Å²) in [6.45, 7) is 6.94. The Bertz CT molecular complexity index is 406. The number of rotatable bonds is 1. The maximum atomic E-state index is 12.9. The second-order valence-electron chi connectivity index (χ2n) is 6.07. The summed E-state index contributed by atoms with van der Waals surface area (Å²) in [7, 11) is 0. The van der Waals surface area contributed by atoms with E-state index in [1.54, 1.807) is 12.1 Å². The van der Waals surface area contributed by atoms with Crippen LogP contribution in [0.5, 0.6) is 0 Å². The van der Waals surface area contributed by atoms with Gasteiger partial charge in [0.25, 0.3) is 0 Å². The van der Waals surface area contributed by atoms with Crippen molar-refractivity contribution in [3.63, 3.8) is 0 Å². The summed E-state index contributed by atoms with van der Waals surface area (Å²) in [6, 6.07) is 6.87. The Hall–Kier alpha value is -1.11. The van der Waals surface area contributed by atoms with Gasteiger partial charge in [0.15, 0.2) is 0 Å². The van der Waals surface area contributed by atoms with Gasteiger partial charge in [-0.1, -0.05) is 39.0 Å². The Morgan fingerprint density at radius 1 is 1.12 bits per heavy atom. The summed E-state index contributed by atoms with van der Waals surface area (Å²) in [5.41, 5.74) is 2.95. The summed E-state index contributed by atoms with van der Waals surface area (Å²) < 4.78 is 12.9. The predicted molar refractivity (Wildman–Crippen MR) is 71.2 cm³/mol. The highest BCUT2D eigenvalue weighted by atomic mass is 19.1. The molecule has 0 saturated heterocycles. The van der Waals surface area contributed by atoms with Crippen LogP contribution in [0.15, 0.2) is 30.3 Å². The minimum atomic E-state index is -0.155. The van der Waals surface area contributed by atoms with Crippen LogP contribution >= 0.6 is 0 Å². The molecule has 2 rings (SSSR count). The first kappa shape index (κ1) is 12.3. The second kappa shape index (κ2) is 4.64. The molecule has 1 aliphatic carbocycles. The molecule has 17 heavy (non-hydrogen) atoms. The molecule has 0 aromatic heterocycles. The number of benzene rings is 1. The fourth-order valence-corrected chi connectivity index (χ4v) is 2.55. The molecule has 0 nitrogen and oxygen atoms in total. The van der Waals surface area contributed by atoms with E-state index in [1.807, 2.05) is 12.1 Å². The van der Waals surface area contributed by atoms with E-state index in [4.69, 9.17) is 0 Å². The molecule has 0 heterocycles. The highest BCUT2D eigenvalue weighted by Crippen LogP contribution is 2.39. The van der Waals surface area contributed by atoms with E-state index < -0.39 is 0 Å². The van der Waals surface area contributed by atoms with Gasteiger partial charge in [-0.25, -0.2) is 4.39 Å². The minimum Gasteiger partial charge on any atom is -0.207 e. The smallest absolute Gasteiger partial charge is 0.123 e. The summed E-state index contributed by atoms with van der Waals surface area (Å²) >= 11 is 0. The maximum Gasteiger partial charge on any atom is 0.123 e. The SMILES string of the molecule is CC(C)(C)C1CC=C(c2ccc(F)cc2)CC1. The lowest BCUT2D eigenvalue weighted by Crippen LogP contribution is -2.21. The number of halogens is 1. The predicted octanol–water partition coefficient (Wildman–Crippen LogP) is 5.06. The van der Waals surface area contributed by atoms with Crippen molar-refractivity contribution in [1.29, 1.82) is 0 Å². The van der Waals surface area contributed by atoms with Crippen molar-refractivity contribution in [3.8, 4) is 0 Å². The van der Waals surface area contributed by atoms with Gasteiger partial charge in [-0.3, -0.25) is 0 Å². The molecule has 0 saturated carbocycles. The fourth-order valence-electron chi connectivity index (χ4n) is 2.55. The average molecular weight is 232 g/mol. The Kier molecular flexibility index (Phi) is 3.37. The standard InChI is InChI=1S/C16H21F/c1-16(2,3)14-8-4-12(5-9-14)13-6-10-15(17)11-7-13/h4,6-7,10-11,14H,5,8-9H2,1-3H3. The van der Waals surface area contributed by atoms with Crippen molar-refractivity contribution in [2.45, 2.75) is 40.0 Å². The Labute approximate surface area is 104 Å². The molecule has 1 aromatic carbocycles. The van der Waals surface area contributed by atoms with Gasteiger partial charge in [0.2, 0.25) is 0 Å². The van der Waals surface area contributed by atoms with Crippen LogP contribution in [0.4, 0.5) is 4.39 Å². The molecule has 0 N–H and O–H groups in total. The van der Waals surface area contributed by atoms with E-state index in [-0.39, 0.29) is 5.82 Å². The molecule has 0 bridgehead atoms. The third-order valence-corrected chi connectivity index (χ3v) is 3.85. The molecule has 1 aliphatic rings.